The standard InChI is InChI=1S/C16H16N2O4/c1-22-15-8-3-2-5-12(15)9-10-17-16(19)13-6-4-7-14(11-13)18(20)21/h2-8,11H,9-10H2,1H3,(H,17,19). The van der Waals surface area contributed by atoms with Gasteiger partial charge in [0, 0.05) is 24.2 Å². The Hall–Kier alpha value is -2.89. The number of carbonyl (C=O) groups is 1. The number of nitro groups is 1. The number of non-ortho nitro benzene ring substituents is 1. The number of ether oxygens (including phenoxy) is 1. The number of benzene rings is 2. The van der Waals surface area contributed by atoms with Crippen molar-refractivity contribution in [2.24, 2.45) is 0 Å². The van der Waals surface area contributed by atoms with E-state index in [-0.39, 0.29) is 17.2 Å². The van der Waals surface area contributed by atoms with Crippen molar-refractivity contribution in [2.75, 3.05) is 13.7 Å². The number of nitro benzene ring substituents is 1. The fourth-order valence-electron chi connectivity index (χ4n) is 2.08. The summed E-state index contributed by atoms with van der Waals surface area (Å²) in [4.78, 5) is 22.2. The molecule has 0 saturated carbocycles. The Morgan fingerprint density at radius 3 is 2.73 bits per heavy atom. The molecule has 0 radical (unpaired) electrons. The minimum Gasteiger partial charge on any atom is -0.496 e. The summed E-state index contributed by atoms with van der Waals surface area (Å²) in [5.41, 5.74) is 1.16. The van der Waals surface area contributed by atoms with Gasteiger partial charge in [-0.05, 0) is 24.1 Å². The highest BCUT2D eigenvalue weighted by atomic mass is 16.6. The Morgan fingerprint density at radius 2 is 2.00 bits per heavy atom. The lowest BCUT2D eigenvalue weighted by Crippen LogP contribution is -2.25. The molecule has 0 bridgehead atoms. The summed E-state index contributed by atoms with van der Waals surface area (Å²) in [7, 11) is 1.60. The van der Waals surface area contributed by atoms with Crippen molar-refractivity contribution >= 4 is 11.6 Å². The molecule has 0 aliphatic heterocycles. The van der Waals surface area contributed by atoms with Crippen LogP contribution < -0.4 is 10.1 Å². The highest BCUT2D eigenvalue weighted by Crippen LogP contribution is 2.17. The van der Waals surface area contributed by atoms with Gasteiger partial charge in [-0.25, -0.2) is 0 Å². The molecular weight excluding hydrogens is 284 g/mol. The highest BCUT2D eigenvalue weighted by molar-refractivity contribution is 5.94. The Labute approximate surface area is 127 Å². The minimum atomic E-state index is -0.522. The molecule has 0 aromatic heterocycles. The summed E-state index contributed by atoms with van der Waals surface area (Å²) < 4.78 is 5.24. The number of nitrogens with one attached hydrogen (secondary N) is 1. The van der Waals surface area contributed by atoms with Crippen molar-refractivity contribution in [1.82, 2.24) is 5.32 Å². The average molecular weight is 300 g/mol. The Balaban J connectivity index is 1.95. The number of nitrogens with zero attached hydrogens (tertiary/aromatic N) is 1. The molecule has 0 saturated heterocycles. The third-order valence-electron chi connectivity index (χ3n) is 3.19. The van der Waals surface area contributed by atoms with Crippen LogP contribution in [0.3, 0.4) is 0 Å². The second kappa shape index (κ2) is 7.21. The van der Waals surface area contributed by atoms with Crippen molar-refractivity contribution in [3.05, 3.63) is 69.8 Å². The summed E-state index contributed by atoms with van der Waals surface area (Å²) >= 11 is 0. The number of hydrogen-bond acceptors (Lipinski definition) is 4. The van der Waals surface area contributed by atoms with E-state index in [1.165, 1.54) is 18.2 Å². The van der Waals surface area contributed by atoms with E-state index in [2.05, 4.69) is 5.32 Å². The van der Waals surface area contributed by atoms with Gasteiger partial charge in [0.25, 0.3) is 11.6 Å². The van der Waals surface area contributed by atoms with Crippen LogP contribution in [0.25, 0.3) is 0 Å². The van der Waals surface area contributed by atoms with E-state index >= 15 is 0 Å². The zero-order valence-corrected chi connectivity index (χ0v) is 12.1. The Kier molecular flexibility index (Phi) is 5.08. The molecule has 0 fully saturated rings. The molecule has 0 spiro atoms. The molecule has 1 amide bonds. The lowest BCUT2D eigenvalue weighted by Gasteiger charge is -2.09. The van der Waals surface area contributed by atoms with Crippen molar-refractivity contribution < 1.29 is 14.5 Å². The van der Waals surface area contributed by atoms with Crippen LogP contribution in [0.4, 0.5) is 5.69 Å². The molecule has 2 aromatic carbocycles. The van der Waals surface area contributed by atoms with Crippen LogP contribution >= 0.6 is 0 Å². The predicted octanol–water partition coefficient (Wildman–Crippen LogP) is 2.58. The van der Waals surface area contributed by atoms with E-state index in [1.807, 2.05) is 24.3 Å². The fourth-order valence-corrected chi connectivity index (χ4v) is 2.08. The number of para-hydroxylation sites is 1. The molecule has 114 valence electrons. The van der Waals surface area contributed by atoms with E-state index in [9.17, 15) is 14.9 Å². The molecule has 0 unspecified atom stereocenters. The SMILES string of the molecule is COc1ccccc1CCNC(=O)c1cccc([N+](=O)[O-])c1. The van der Waals surface area contributed by atoms with Crippen LogP contribution in [0.5, 0.6) is 5.75 Å². The number of hydrogen-bond donors (Lipinski definition) is 1. The highest BCUT2D eigenvalue weighted by Gasteiger charge is 2.11. The Bertz CT molecular complexity index is 685. The largest absolute Gasteiger partial charge is 0.496 e. The first-order valence-electron chi connectivity index (χ1n) is 6.76. The molecule has 0 aliphatic carbocycles. The van der Waals surface area contributed by atoms with E-state index in [0.717, 1.165) is 11.3 Å². The third kappa shape index (κ3) is 3.82. The molecule has 2 rings (SSSR count). The van der Waals surface area contributed by atoms with Gasteiger partial charge in [0.15, 0.2) is 0 Å². The van der Waals surface area contributed by atoms with Gasteiger partial charge in [0.05, 0.1) is 12.0 Å². The maximum absolute atomic E-state index is 12.0. The molecule has 6 nitrogen and oxygen atoms in total. The topological polar surface area (TPSA) is 81.5 Å². The van der Waals surface area contributed by atoms with Gasteiger partial charge in [0.2, 0.25) is 0 Å². The Morgan fingerprint density at radius 1 is 1.23 bits per heavy atom. The van der Waals surface area contributed by atoms with Gasteiger partial charge < -0.3 is 10.1 Å². The van der Waals surface area contributed by atoms with Crippen LogP contribution in [0, 0.1) is 10.1 Å². The normalized spacial score (nSPS) is 10.0. The zero-order valence-electron chi connectivity index (χ0n) is 12.1. The zero-order chi connectivity index (χ0) is 15.9. The molecule has 2 aromatic rings. The monoisotopic (exact) mass is 300 g/mol. The molecule has 0 heterocycles. The van der Waals surface area contributed by atoms with Gasteiger partial charge in [-0.15, -0.1) is 0 Å². The van der Waals surface area contributed by atoms with E-state index in [0.29, 0.717) is 13.0 Å². The molecule has 0 atom stereocenters. The lowest BCUT2D eigenvalue weighted by molar-refractivity contribution is -0.384. The van der Waals surface area contributed by atoms with Crippen LogP contribution in [0.1, 0.15) is 15.9 Å². The van der Waals surface area contributed by atoms with E-state index in [4.69, 9.17) is 4.74 Å². The molecule has 1 N–H and O–H groups in total. The fraction of sp³-hybridized carbons (Fsp3) is 0.188. The summed E-state index contributed by atoms with van der Waals surface area (Å²) in [5.74, 6) is 0.436. The first-order chi connectivity index (χ1) is 10.6. The van der Waals surface area contributed by atoms with Crippen LogP contribution in [0.15, 0.2) is 48.5 Å². The van der Waals surface area contributed by atoms with Gasteiger partial charge >= 0.3 is 0 Å². The number of rotatable bonds is 6. The molecular formula is C16H16N2O4. The summed E-state index contributed by atoms with van der Waals surface area (Å²) in [6, 6.07) is 13.2. The van der Waals surface area contributed by atoms with Crippen molar-refractivity contribution in [2.45, 2.75) is 6.42 Å². The number of amides is 1. The summed E-state index contributed by atoms with van der Waals surface area (Å²) in [6.45, 7) is 0.419. The van der Waals surface area contributed by atoms with Gasteiger partial charge in [-0.3, -0.25) is 14.9 Å². The number of carbonyl (C=O) groups excluding carboxylic acids is 1. The van der Waals surface area contributed by atoms with E-state index in [1.54, 1.807) is 13.2 Å². The van der Waals surface area contributed by atoms with Crippen LogP contribution in [-0.4, -0.2) is 24.5 Å². The minimum absolute atomic E-state index is 0.0996. The molecule has 6 heteroatoms. The first kappa shape index (κ1) is 15.5. The van der Waals surface area contributed by atoms with Crippen LogP contribution in [-0.2, 0) is 6.42 Å². The maximum atomic E-state index is 12.0. The second-order valence-electron chi connectivity index (χ2n) is 4.63. The smallest absolute Gasteiger partial charge is 0.270 e. The van der Waals surface area contributed by atoms with Crippen molar-refractivity contribution in [3.63, 3.8) is 0 Å². The summed E-state index contributed by atoms with van der Waals surface area (Å²) in [5, 5.41) is 13.5. The van der Waals surface area contributed by atoms with Gasteiger partial charge in [-0.1, -0.05) is 24.3 Å². The molecule has 0 aliphatic rings. The van der Waals surface area contributed by atoms with Gasteiger partial charge in [-0.2, -0.15) is 0 Å². The van der Waals surface area contributed by atoms with Crippen molar-refractivity contribution in [3.8, 4) is 5.75 Å². The summed E-state index contributed by atoms with van der Waals surface area (Å²) in [6.07, 6.45) is 0.616. The average Bonchev–Trinajstić information content (AvgIpc) is 2.55. The lowest BCUT2D eigenvalue weighted by atomic mass is 10.1. The predicted molar refractivity (Wildman–Crippen MR) is 82.1 cm³/mol. The van der Waals surface area contributed by atoms with E-state index < -0.39 is 4.92 Å². The second-order valence-corrected chi connectivity index (χ2v) is 4.63. The third-order valence-corrected chi connectivity index (χ3v) is 3.19. The van der Waals surface area contributed by atoms with Gasteiger partial charge in [0.1, 0.15) is 5.75 Å². The van der Waals surface area contributed by atoms with Crippen molar-refractivity contribution in [1.29, 1.82) is 0 Å². The first-order valence-corrected chi connectivity index (χ1v) is 6.76. The quantitative estimate of drug-likeness (QED) is 0.656. The number of methoxy groups -OCH3 is 1. The van der Waals surface area contributed by atoms with Crippen LogP contribution in [0.2, 0.25) is 0 Å². The maximum Gasteiger partial charge on any atom is 0.270 e. The molecule has 22 heavy (non-hydrogen) atoms.